The zero-order valence-corrected chi connectivity index (χ0v) is 13.3. The van der Waals surface area contributed by atoms with Gasteiger partial charge in [0.25, 0.3) is 0 Å². The average Bonchev–Trinajstić information content (AvgIpc) is 3.29. The highest BCUT2D eigenvalue weighted by atomic mass is 16.3. The Morgan fingerprint density at radius 2 is 1.33 bits per heavy atom. The molecular weight excluding hydrogens is 260 g/mol. The van der Waals surface area contributed by atoms with Crippen LogP contribution in [0.4, 0.5) is 0 Å². The van der Waals surface area contributed by atoms with E-state index in [-0.39, 0.29) is 0 Å². The Morgan fingerprint density at radius 3 is 1.57 bits per heavy atom. The van der Waals surface area contributed by atoms with Gasteiger partial charge in [0.15, 0.2) is 0 Å². The van der Waals surface area contributed by atoms with Crippen LogP contribution in [0.15, 0.2) is 0 Å². The van der Waals surface area contributed by atoms with Crippen molar-refractivity contribution in [1.82, 2.24) is 0 Å². The molecule has 0 atom stereocenters. The summed E-state index contributed by atoms with van der Waals surface area (Å²) in [5.41, 5.74) is 2.64. The molecule has 2 nitrogen and oxygen atoms in total. The van der Waals surface area contributed by atoms with Gasteiger partial charge in [-0.1, -0.05) is 6.92 Å². The molecule has 6 aliphatic carbocycles. The number of carbonyl (C=O) groups excluding carboxylic acids is 1. The topological polar surface area (TPSA) is 37.3 Å². The zero-order valence-electron chi connectivity index (χ0n) is 13.3. The van der Waals surface area contributed by atoms with Crippen LogP contribution in [-0.4, -0.2) is 17.5 Å². The van der Waals surface area contributed by atoms with Gasteiger partial charge in [-0.3, -0.25) is 4.79 Å². The molecule has 6 fully saturated rings. The SMILES string of the molecule is CCCC(=O)C1C2(CC2)C12CC2.OCC1C2(CC2)C12CC2. The number of carbonyl (C=O) groups is 1. The molecule has 6 saturated carbocycles. The molecule has 0 amide bonds. The van der Waals surface area contributed by atoms with Gasteiger partial charge < -0.3 is 5.11 Å². The van der Waals surface area contributed by atoms with E-state index >= 15 is 0 Å². The van der Waals surface area contributed by atoms with Crippen LogP contribution in [-0.2, 0) is 4.79 Å². The van der Waals surface area contributed by atoms with E-state index in [1.54, 1.807) is 0 Å². The summed E-state index contributed by atoms with van der Waals surface area (Å²) in [7, 11) is 0. The van der Waals surface area contributed by atoms with Crippen LogP contribution in [0.1, 0.15) is 71.1 Å². The molecule has 0 aliphatic heterocycles. The van der Waals surface area contributed by atoms with Gasteiger partial charge in [0.2, 0.25) is 0 Å². The Balaban J connectivity index is 0.000000103. The summed E-state index contributed by atoms with van der Waals surface area (Å²) < 4.78 is 0. The normalized spacial score (nSPS) is 40.7. The molecule has 6 aliphatic rings. The second-order valence-corrected chi connectivity index (χ2v) is 9.01. The second-order valence-electron chi connectivity index (χ2n) is 9.01. The number of rotatable bonds is 4. The number of aliphatic hydroxyl groups excluding tert-OH is 1. The Kier molecular flexibility index (Phi) is 2.23. The standard InChI is InChI=1S/C11H16O.C8H12O/c1-2-3-8(12)9-10(4-5-10)11(9)6-7-11;9-5-6-7(1-2-7)8(6)3-4-8/h9H,2-7H2,1H3;6,9H,1-5H2. The van der Waals surface area contributed by atoms with Crippen LogP contribution in [0.25, 0.3) is 0 Å². The molecule has 6 rings (SSSR count). The van der Waals surface area contributed by atoms with Crippen molar-refractivity contribution < 1.29 is 9.90 Å². The second kappa shape index (κ2) is 3.58. The predicted molar refractivity (Wildman–Crippen MR) is 80.6 cm³/mol. The minimum atomic E-state index is 0.472. The molecule has 4 spiro atoms. The van der Waals surface area contributed by atoms with Gasteiger partial charge in [-0.2, -0.15) is 0 Å². The van der Waals surface area contributed by atoms with Gasteiger partial charge in [0.05, 0.1) is 0 Å². The minimum absolute atomic E-state index is 0.472. The van der Waals surface area contributed by atoms with E-state index in [9.17, 15) is 4.79 Å². The largest absolute Gasteiger partial charge is 0.396 e. The van der Waals surface area contributed by atoms with E-state index < -0.39 is 0 Å². The van der Waals surface area contributed by atoms with E-state index in [0.717, 1.165) is 29.6 Å². The Labute approximate surface area is 127 Å². The molecule has 116 valence electrons. The molecule has 0 radical (unpaired) electrons. The highest BCUT2D eigenvalue weighted by Crippen LogP contribution is 2.93. The lowest BCUT2D eigenvalue weighted by atomic mass is 10.1. The van der Waals surface area contributed by atoms with Gasteiger partial charge in [0.1, 0.15) is 5.78 Å². The fourth-order valence-corrected chi connectivity index (χ4v) is 6.74. The van der Waals surface area contributed by atoms with Crippen LogP contribution in [0.2, 0.25) is 0 Å². The molecule has 21 heavy (non-hydrogen) atoms. The van der Waals surface area contributed by atoms with E-state index in [1.807, 2.05) is 0 Å². The smallest absolute Gasteiger partial charge is 0.137 e. The van der Waals surface area contributed by atoms with E-state index in [2.05, 4.69) is 6.92 Å². The van der Waals surface area contributed by atoms with Crippen molar-refractivity contribution in [3.8, 4) is 0 Å². The van der Waals surface area contributed by atoms with Crippen LogP contribution < -0.4 is 0 Å². The van der Waals surface area contributed by atoms with Gasteiger partial charge in [-0.25, -0.2) is 0 Å². The summed E-state index contributed by atoms with van der Waals surface area (Å²) in [5, 5.41) is 8.96. The lowest BCUT2D eigenvalue weighted by Gasteiger charge is -1.93. The fraction of sp³-hybridized carbons (Fsp3) is 0.947. The van der Waals surface area contributed by atoms with E-state index in [4.69, 9.17) is 5.11 Å². The van der Waals surface area contributed by atoms with Gasteiger partial charge in [-0.05, 0) is 85.4 Å². The minimum Gasteiger partial charge on any atom is -0.396 e. The van der Waals surface area contributed by atoms with Crippen molar-refractivity contribution in [3.05, 3.63) is 0 Å². The number of hydrogen-bond acceptors (Lipinski definition) is 2. The van der Waals surface area contributed by atoms with Gasteiger partial charge in [-0.15, -0.1) is 0 Å². The van der Waals surface area contributed by atoms with Crippen molar-refractivity contribution in [2.75, 3.05) is 6.61 Å². The molecule has 0 bridgehead atoms. The first-order chi connectivity index (χ1) is 10.1. The number of aliphatic hydroxyl groups is 1. The Morgan fingerprint density at radius 1 is 0.905 bits per heavy atom. The van der Waals surface area contributed by atoms with Crippen molar-refractivity contribution in [1.29, 1.82) is 0 Å². The maximum absolute atomic E-state index is 11.7. The van der Waals surface area contributed by atoms with Crippen molar-refractivity contribution in [2.24, 2.45) is 33.5 Å². The first-order valence-corrected chi connectivity index (χ1v) is 9.26. The third-order valence-electron chi connectivity index (χ3n) is 8.41. The molecule has 0 aromatic carbocycles. The first kappa shape index (κ1) is 13.1. The summed E-state index contributed by atoms with van der Waals surface area (Å²) >= 11 is 0. The number of ketones is 1. The van der Waals surface area contributed by atoms with Gasteiger partial charge >= 0.3 is 0 Å². The lowest BCUT2D eigenvalue weighted by molar-refractivity contribution is -0.121. The zero-order chi connectivity index (χ0) is 14.5. The third kappa shape index (κ3) is 1.37. The van der Waals surface area contributed by atoms with Crippen LogP contribution in [0, 0.1) is 33.5 Å². The highest BCUT2D eigenvalue weighted by molar-refractivity contribution is 5.88. The van der Waals surface area contributed by atoms with E-state index in [1.165, 1.54) is 51.4 Å². The average molecular weight is 288 g/mol. The molecule has 1 N–H and O–H groups in total. The maximum atomic E-state index is 11.7. The Bertz CT molecular complexity index is 468. The number of fused-ring (bicyclic) bond motifs is 2. The summed E-state index contributed by atoms with van der Waals surface area (Å²) in [6.07, 6.45) is 13.1. The van der Waals surface area contributed by atoms with Crippen LogP contribution in [0.3, 0.4) is 0 Å². The maximum Gasteiger partial charge on any atom is 0.137 e. The monoisotopic (exact) mass is 288 g/mol. The quantitative estimate of drug-likeness (QED) is 0.856. The molecule has 0 saturated heterocycles. The molecule has 0 aromatic rings. The highest BCUT2D eigenvalue weighted by Gasteiger charge is 2.88. The number of hydrogen-bond donors (Lipinski definition) is 1. The van der Waals surface area contributed by atoms with Crippen molar-refractivity contribution >= 4 is 5.78 Å². The van der Waals surface area contributed by atoms with Gasteiger partial charge in [0, 0.05) is 18.9 Å². The van der Waals surface area contributed by atoms with Crippen LogP contribution in [0.5, 0.6) is 0 Å². The molecule has 0 aromatic heterocycles. The summed E-state index contributed by atoms with van der Waals surface area (Å²) in [6.45, 7) is 2.58. The molecule has 2 heteroatoms. The van der Waals surface area contributed by atoms with Crippen LogP contribution >= 0.6 is 0 Å². The predicted octanol–water partition coefficient (Wildman–Crippen LogP) is 3.71. The third-order valence-corrected chi connectivity index (χ3v) is 8.41. The number of Topliss-reactive ketones (excluding diaryl/α,β-unsaturated/α-hetero) is 1. The summed E-state index contributed by atoms with van der Waals surface area (Å²) in [4.78, 5) is 11.7. The Hall–Kier alpha value is -0.370. The first-order valence-electron chi connectivity index (χ1n) is 9.26. The molecule has 0 heterocycles. The lowest BCUT2D eigenvalue weighted by Crippen LogP contribution is -2.02. The summed E-state index contributed by atoms with van der Waals surface area (Å²) in [5.74, 6) is 1.86. The molecule has 0 unspecified atom stereocenters. The van der Waals surface area contributed by atoms with Crippen molar-refractivity contribution in [2.45, 2.75) is 71.1 Å². The fourth-order valence-electron chi connectivity index (χ4n) is 6.74. The van der Waals surface area contributed by atoms with E-state index in [0.29, 0.717) is 29.1 Å². The molecular formula is C19H28O2. The summed E-state index contributed by atoms with van der Waals surface area (Å²) in [6, 6.07) is 0. The van der Waals surface area contributed by atoms with Crippen molar-refractivity contribution in [3.63, 3.8) is 0 Å².